The summed E-state index contributed by atoms with van der Waals surface area (Å²) in [6.45, 7) is 1.11. The van der Waals surface area contributed by atoms with Gasteiger partial charge >= 0.3 is 0 Å². The minimum Gasteiger partial charge on any atom is -0.457 e. The lowest BCUT2D eigenvalue weighted by atomic mass is 10.1. The summed E-state index contributed by atoms with van der Waals surface area (Å²) < 4.78 is 18.7. The van der Waals surface area contributed by atoms with Crippen LogP contribution in [0.3, 0.4) is 0 Å². The smallest absolute Gasteiger partial charge is 0.222 e. The van der Waals surface area contributed by atoms with Crippen LogP contribution in [-0.2, 0) is 11.3 Å². The Morgan fingerprint density at radius 1 is 1.32 bits per heavy atom. The third kappa shape index (κ3) is 5.42. The molecule has 2 N–H and O–H groups in total. The van der Waals surface area contributed by atoms with Crippen molar-refractivity contribution in [3.05, 3.63) is 54.1 Å². The number of likely N-dealkylation sites (tertiary alicyclic amines) is 1. The number of aliphatic imine (C=N–C) groups is 1. The number of amides is 1. The second-order valence-electron chi connectivity index (χ2n) is 6.62. The summed E-state index contributed by atoms with van der Waals surface area (Å²) in [4.78, 5) is 21.9. The van der Waals surface area contributed by atoms with Crippen LogP contribution in [0.4, 0.5) is 4.39 Å². The topological polar surface area (TPSA) is 78.9 Å². The van der Waals surface area contributed by atoms with Gasteiger partial charge in [0, 0.05) is 45.4 Å². The molecule has 1 aliphatic heterocycles. The summed E-state index contributed by atoms with van der Waals surface area (Å²) in [6.07, 6.45) is 2.98. The first-order chi connectivity index (χ1) is 13.5. The Kier molecular flexibility index (Phi) is 6.41. The zero-order chi connectivity index (χ0) is 19.9. The van der Waals surface area contributed by atoms with E-state index in [1.54, 1.807) is 36.3 Å². The van der Waals surface area contributed by atoms with Crippen LogP contribution in [0.2, 0.25) is 0 Å². The molecular formula is C20H24FN5O2. The molecule has 7 nitrogen and oxygen atoms in total. The second kappa shape index (κ2) is 9.16. The van der Waals surface area contributed by atoms with Gasteiger partial charge in [-0.3, -0.25) is 14.8 Å². The number of benzene rings is 1. The molecule has 1 aliphatic rings. The van der Waals surface area contributed by atoms with Gasteiger partial charge in [-0.2, -0.15) is 0 Å². The molecule has 28 heavy (non-hydrogen) atoms. The van der Waals surface area contributed by atoms with Gasteiger partial charge in [0.25, 0.3) is 0 Å². The van der Waals surface area contributed by atoms with Crippen LogP contribution in [0.25, 0.3) is 0 Å². The Morgan fingerprint density at radius 2 is 2.11 bits per heavy atom. The monoisotopic (exact) mass is 385 g/mol. The summed E-state index contributed by atoms with van der Waals surface area (Å²) in [7, 11) is 3.51. The number of hydrogen-bond donors (Lipinski definition) is 2. The molecular weight excluding hydrogens is 361 g/mol. The standard InChI is InChI=1S/C20H24FN5O2/c1-22-20(25-15-5-8-19(27)26(2)13-15)24-12-16-11-18(9-10-23-16)28-17-6-3-14(21)4-7-17/h3-4,6-7,9-11,15H,5,8,12-13H2,1-2H3,(H2,22,24,25). The number of piperidine rings is 1. The van der Waals surface area contributed by atoms with Crippen molar-refractivity contribution < 1.29 is 13.9 Å². The number of halogens is 1. The molecule has 8 heteroatoms. The molecule has 1 amide bonds. The summed E-state index contributed by atoms with van der Waals surface area (Å²) >= 11 is 0. The van der Waals surface area contributed by atoms with Crippen molar-refractivity contribution in [3.8, 4) is 11.5 Å². The van der Waals surface area contributed by atoms with Gasteiger partial charge in [-0.25, -0.2) is 4.39 Å². The Labute approximate surface area is 163 Å². The molecule has 0 bridgehead atoms. The average Bonchev–Trinajstić information content (AvgIpc) is 2.70. The van der Waals surface area contributed by atoms with Gasteiger partial charge in [0.2, 0.25) is 5.91 Å². The van der Waals surface area contributed by atoms with Crippen LogP contribution in [0.15, 0.2) is 47.6 Å². The number of nitrogens with zero attached hydrogens (tertiary/aromatic N) is 3. The van der Waals surface area contributed by atoms with Gasteiger partial charge < -0.3 is 20.3 Å². The zero-order valence-electron chi connectivity index (χ0n) is 16.0. The first-order valence-corrected chi connectivity index (χ1v) is 9.13. The number of guanidine groups is 1. The summed E-state index contributed by atoms with van der Waals surface area (Å²) in [5.41, 5.74) is 0.776. The maximum atomic E-state index is 13.0. The Hall–Kier alpha value is -3.16. The van der Waals surface area contributed by atoms with Crippen molar-refractivity contribution in [1.29, 1.82) is 0 Å². The highest BCUT2D eigenvalue weighted by molar-refractivity contribution is 5.81. The fourth-order valence-electron chi connectivity index (χ4n) is 2.95. The number of pyridine rings is 1. The molecule has 0 spiro atoms. The first-order valence-electron chi connectivity index (χ1n) is 9.13. The van der Waals surface area contributed by atoms with Crippen LogP contribution in [-0.4, -0.2) is 48.4 Å². The molecule has 2 heterocycles. The number of aromatic nitrogens is 1. The zero-order valence-corrected chi connectivity index (χ0v) is 16.0. The van der Waals surface area contributed by atoms with E-state index in [2.05, 4.69) is 20.6 Å². The van der Waals surface area contributed by atoms with Gasteiger partial charge in [-0.1, -0.05) is 0 Å². The van der Waals surface area contributed by atoms with Crippen LogP contribution < -0.4 is 15.4 Å². The van der Waals surface area contributed by atoms with Crippen molar-refractivity contribution in [2.75, 3.05) is 20.6 Å². The van der Waals surface area contributed by atoms with E-state index in [4.69, 9.17) is 4.74 Å². The van der Waals surface area contributed by atoms with Gasteiger partial charge in [0.15, 0.2) is 5.96 Å². The highest BCUT2D eigenvalue weighted by Gasteiger charge is 2.23. The number of nitrogens with one attached hydrogen (secondary N) is 2. The Morgan fingerprint density at radius 3 is 2.82 bits per heavy atom. The number of likely N-dealkylation sites (N-methyl/N-ethyl adjacent to an activating group) is 1. The van der Waals surface area contributed by atoms with E-state index in [1.807, 2.05) is 13.1 Å². The lowest BCUT2D eigenvalue weighted by molar-refractivity contribution is -0.132. The van der Waals surface area contributed by atoms with E-state index in [1.165, 1.54) is 12.1 Å². The van der Waals surface area contributed by atoms with Crippen molar-refractivity contribution in [3.63, 3.8) is 0 Å². The van der Waals surface area contributed by atoms with E-state index in [-0.39, 0.29) is 17.8 Å². The molecule has 148 valence electrons. The minimum atomic E-state index is -0.306. The predicted octanol–water partition coefficient (Wildman–Crippen LogP) is 2.30. The van der Waals surface area contributed by atoms with Crippen LogP contribution in [0.5, 0.6) is 11.5 Å². The number of carbonyl (C=O) groups is 1. The Bertz CT molecular complexity index is 841. The summed E-state index contributed by atoms with van der Waals surface area (Å²) in [5, 5.41) is 6.56. The predicted molar refractivity (Wildman–Crippen MR) is 105 cm³/mol. The molecule has 1 atom stereocenters. The SMILES string of the molecule is CN=C(NCc1cc(Oc2ccc(F)cc2)ccn1)NC1CCC(=O)N(C)C1. The molecule has 0 aliphatic carbocycles. The highest BCUT2D eigenvalue weighted by Crippen LogP contribution is 2.21. The first kappa shape index (κ1) is 19.6. The molecule has 0 radical (unpaired) electrons. The lowest BCUT2D eigenvalue weighted by Gasteiger charge is -2.31. The second-order valence-corrected chi connectivity index (χ2v) is 6.62. The van der Waals surface area contributed by atoms with E-state index >= 15 is 0 Å². The van der Waals surface area contributed by atoms with Crippen LogP contribution >= 0.6 is 0 Å². The molecule has 1 aromatic heterocycles. The minimum absolute atomic E-state index is 0.162. The van der Waals surface area contributed by atoms with E-state index in [9.17, 15) is 9.18 Å². The third-order valence-electron chi connectivity index (χ3n) is 4.47. The fraction of sp³-hybridized carbons (Fsp3) is 0.350. The maximum Gasteiger partial charge on any atom is 0.222 e. The van der Waals surface area contributed by atoms with Crippen molar-refractivity contribution in [2.45, 2.75) is 25.4 Å². The molecule has 1 aromatic carbocycles. The van der Waals surface area contributed by atoms with E-state index in [0.717, 1.165) is 12.1 Å². The normalized spacial score (nSPS) is 17.4. The number of rotatable bonds is 5. The number of carbonyl (C=O) groups excluding carboxylic acids is 1. The van der Waals surface area contributed by atoms with E-state index in [0.29, 0.717) is 37.0 Å². The largest absolute Gasteiger partial charge is 0.457 e. The van der Waals surface area contributed by atoms with Gasteiger partial charge in [0.1, 0.15) is 17.3 Å². The van der Waals surface area contributed by atoms with Gasteiger partial charge in [0.05, 0.1) is 12.2 Å². The maximum absolute atomic E-state index is 13.0. The van der Waals surface area contributed by atoms with Gasteiger partial charge in [-0.15, -0.1) is 0 Å². The number of hydrogen-bond acceptors (Lipinski definition) is 4. The van der Waals surface area contributed by atoms with E-state index < -0.39 is 0 Å². The van der Waals surface area contributed by atoms with Crippen molar-refractivity contribution >= 4 is 11.9 Å². The lowest BCUT2D eigenvalue weighted by Crippen LogP contribution is -2.51. The van der Waals surface area contributed by atoms with Gasteiger partial charge in [-0.05, 0) is 36.8 Å². The molecule has 3 rings (SSSR count). The average molecular weight is 385 g/mol. The molecule has 1 fully saturated rings. The van der Waals surface area contributed by atoms with Crippen LogP contribution in [0.1, 0.15) is 18.5 Å². The molecule has 2 aromatic rings. The molecule has 1 unspecified atom stereocenters. The third-order valence-corrected chi connectivity index (χ3v) is 4.47. The summed E-state index contributed by atoms with van der Waals surface area (Å²) in [6, 6.07) is 9.58. The Balaban J connectivity index is 1.54. The quantitative estimate of drug-likeness (QED) is 0.610. The van der Waals surface area contributed by atoms with Crippen molar-refractivity contribution in [2.24, 2.45) is 4.99 Å². The summed E-state index contributed by atoms with van der Waals surface area (Å²) in [5.74, 6) is 1.69. The fourth-order valence-corrected chi connectivity index (χ4v) is 2.95. The molecule has 1 saturated heterocycles. The highest BCUT2D eigenvalue weighted by atomic mass is 19.1. The molecule has 0 saturated carbocycles. The number of ether oxygens (including phenoxy) is 1. The van der Waals surface area contributed by atoms with Crippen LogP contribution in [0, 0.1) is 5.82 Å². The van der Waals surface area contributed by atoms with Crippen molar-refractivity contribution in [1.82, 2.24) is 20.5 Å².